The summed E-state index contributed by atoms with van der Waals surface area (Å²) < 4.78 is 28.3. The molecule has 6 atom stereocenters. The van der Waals surface area contributed by atoms with E-state index in [2.05, 4.69) is 34.6 Å². The Morgan fingerprint density at radius 2 is 1.81 bits per heavy atom. The maximum Gasteiger partial charge on any atom is 0.350 e. The van der Waals surface area contributed by atoms with Crippen molar-refractivity contribution in [2.45, 2.75) is 97.8 Å². The van der Waals surface area contributed by atoms with Gasteiger partial charge in [0.2, 0.25) is 6.10 Å². The number of hydrogen-bond donors (Lipinski definition) is 0. The van der Waals surface area contributed by atoms with Crippen LogP contribution in [-0.4, -0.2) is 48.4 Å². The van der Waals surface area contributed by atoms with Gasteiger partial charge < -0.3 is 23.7 Å². The minimum absolute atomic E-state index is 0.0224. The second-order valence-electron chi connectivity index (χ2n) is 9.92. The number of carbonyl (C=O) groups excluding carboxylic acids is 2. The smallest absolute Gasteiger partial charge is 0.350 e. The summed E-state index contributed by atoms with van der Waals surface area (Å²) in [5.41, 5.74) is -0.0224. The van der Waals surface area contributed by atoms with Crippen molar-refractivity contribution in [3.05, 3.63) is 0 Å². The van der Waals surface area contributed by atoms with E-state index < -0.39 is 42.5 Å². The summed E-state index contributed by atoms with van der Waals surface area (Å²) in [7, 11) is 0. The van der Waals surface area contributed by atoms with Crippen molar-refractivity contribution in [3.8, 4) is 0 Å². The molecule has 0 bridgehead atoms. The van der Waals surface area contributed by atoms with Gasteiger partial charge in [-0.2, -0.15) is 0 Å². The van der Waals surface area contributed by atoms with Crippen LogP contribution in [0.2, 0.25) is 0 Å². The quantitative estimate of drug-likeness (QED) is 0.674. The lowest BCUT2D eigenvalue weighted by molar-refractivity contribution is -0.217. The highest BCUT2D eigenvalue weighted by atomic mass is 16.8. The molecular weight excluding hydrogens is 352 g/mol. The van der Waals surface area contributed by atoms with Crippen molar-refractivity contribution in [3.63, 3.8) is 0 Å². The highest BCUT2D eigenvalue weighted by Gasteiger charge is 2.64. The van der Waals surface area contributed by atoms with Crippen LogP contribution in [0.4, 0.5) is 0 Å². The fourth-order valence-electron chi connectivity index (χ4n) is 4.12. The number of fused-ring (bicyclic) bond motifs is 3. The third kappa shape index (κ3) is 4.46. The summed E-state index contributed by atoms with van der Waals surface area (Å²) in [4.78, 5) is 25.2. The van der Waals surface area contributed by atoms with Gasteiger partial charge >= 0.3 is 11.9 Å². The average Bonchev–Trinajstić information content (AvgIpc) is 3.04. The van der Waals surface area contributed by atoms with Gasteiger partial charge in [0.15, 0.2) is 24.3 Å². The maximum absolute atomic E-state index is 12.8. The van der Waals surface area contributed by atoms with Crippen LogP contribution >= 0.6 is 0 Å². The molecule has 0 aromatic carbocycles. The first-order valence-corrected chi connectivity index (χ1v) is 9.78. The van der Waals surface area contributed by atoms with Crippen LogP contribution in [0, 0.1) is 17.3 Å². The first-order chi connectivity index (χ1) is 12.4. The molecule has 0 aromatic rings. The molecule has 27 heavy (non-hydrogen) atoms. The lowest BCUT2D eigenvalue weighted by Crippen LogP contribution is -2.39. The predicted molar refractivity (Wildman–Crippen MR) is 95.5 cm³/mol. The zero-order valence-electron chi connectivity index (χ0n) is 17.3. The van der Waals surface area contributed by atoms with Gasteiger partial charge in [0.05, 0.1) is 5.92 Å². The largest absolute Gasteiger partial charge is 0.454 e. The Balaban J connectivity index is 1.68. The molecule has 3 heterocycles. The summed E-state index contributed by atoms with van der Waals surface area (Å²) in [6.07, 6.45) is -2.11. The Morgan fingerprint density at radius 3 is 2.41 bits per heavy atom. The van der Waals surface area contributed by atoms with Gasteiger partial charge in [-0.15, -0.1) is 0 Å². The summed E-state index contributed by atoms with van der Waals surface area (Å²) >= 11 is 0. The molecule has 7 heteroatoms. The van der Waals surface area contributed by atoms with Crippen LogP contribution < -0.4 is 0 Å². The lowest BCUT2D eigenvalue weighted by atomic mass is 9.81. The average molecular weight is 384 g/mol. The number of carbonyl (C=O) groups is 2. The molecule has 6 unspecified atom stereocenters. The van der Waals surface area contributed by atoms with E-state index in [4.69, 9.17) is 23.7 Å². The molecule has 7 nitrogen and oxygen atoms in total. The van der Waals surface area contributed by atoms with E-state index in [-0.39, 0.29) is 17.3 Å². The van der Waals surface area contributed by atoms with Crippen molar-refractivity contribution in [2.75, 3.05) is 0 Å². The zero-order chi connectivity index (χ0) is 20.1. The molecule has 3 saturated heterocycles. The fraction of sp³-hybridized carbons (Fsp3) is 0.900. The standard InChI is InChI=1S/C20H32O7/c1-10(2)8-11(9-19(3,4)5)16(21)24-14-12-13(23-17(14)22)15-18(25-12)27-20(6,7)26-15/h10-15,18H,8-9H2,1-7H3. The van der Waals surface area contributed by atoms with Gasteiger partial charge in [0, 0.05) is 0 Å². The van der Waals surface area contributed by atoms with E-state index in [0.717, 1.165) is 0 Å². The molecule has 3 aliphatic heterocycles. The predicted octanol–water partition coefficient (Wildman–Crippen LogP) is 2.80. The summed E-state index contributed by atoms with van der Waals surface area (Å²) in [5, 5.41) is 0. The van der Waals surface area contributed by atoms with Crippen LogP contribution in [-0.2, 0) is 33.3 Å². The molecule has 0 N–H and O–H groups in total. The van der Waals surface area contributed by atoms with Crippen LogP contribution in [0.1, 0.15) is 61.3 Å². The molecule has 0 amide bonds. The molecule has 0 aliphatic carbocycles. The van der Waals surface area contributed by atoms with Crippen molar-refractivity contribution in [1.29, 1.82) is 0 Å². The maximum atomic E-state index is 12.8. The number of rotatable bonds is 5. The van der Waals surface area contributed by atoms with Crippen molar-refractivity contribution in [2.24, 2.45) is 17.3 Å². The Labute approximate surface area is 161 Å². The number of hydrogen-bond acceptors (Lipinski definition) is 7. The molecule has 3 rings (SSSR count). The summed E-state index contributed by atoms with van der Waals surface area (Å²) in [5.74, 6) is -1.67. The van der Waals surface area contributed by atoms with Gasteiger partial charge in [-0.25, -0.2) is 4.79 Å². The molecular formula is C20H32O7. The van der Waals surface area contributed by atoms with E-state index >= 15 is 0 Å². The topological polar surface area (TPSA) is 80.3 Å². The Morgan fingerprint density at radius 1 is 1.15 bits per heavy atom. The summed E-state index contributed by atoms with van der Waals surface area (Å²) in [6.45, 7) is 14.0. The first-order valence-electron chi connectivity index (χ1n) is 9.78. The molecule has 0 spiro atoms. The van der Waals surface area contributed by atoms with Crippen molar-refractivity contribution < 1.29 is 33.3 Å². The van der Waals surface area contributed by atoms with Crippen molar-refractivity contribution in [1.82, 2.24) is 0 Å². The van der Waals surface area contributed by atoms with Crippen molar-refractivity contribution >= 4 is 11.9 Å². The Kier molecular flexibility index (Phi) is 5.34. The van der Waals surface area contributed by atoms with Crippen LogP contribution in [0.25, 0.3) is 0 Å². The zero-order valence-corrected chi connectivity index (χ0v) is 17.3. The Hall–Kier alpha value is -1.18. The van der Waals surface area contributed by atoms with E-state index in [1.165, 1.54) is 0 Å². The second kappa shape index (κ2) is 7.01. The van der Waals surface area contributed by atoms with E-state index in [0.29, 0.717) is 18.8 Å². The molecule has 3 aliphatic rings. The second-order valence-corrected chi connectivity index (χ2v) is 9.92. The van der Waals surface area contributed by atoms with Gasteiger partial charge in [0.25, 0.3) is 0 Å². The highest BCUT2D eigenvalue weighted by Crippen LogP contribution is 2.43. The van der Waals surface area contributed by atoms with Gasteiger partial charge in [-0.3, -0.25) is 4.79 Å². The Bertz CT molecular complexity index is 592. The molecule has 0 radical (unpaired) electrons. The lowest BCUT2D eigenvalue weighted by Gasteiger charge is -2.27. The summed E-state index contributed by atoms with van der Waals surface area (Å²) in [6, 6.07) is 0. The minimum atomic E-state index is -1.07. The van der Waals surface area contributed by atoms with E-state index in [1.54, 1.807) is 13.8 Å². The SMILES string of the molecule is CC(C)CC(CC(C)(C)C)C(=O)OC1C(=O)OC2C3OC(C)(C)OC3OC12. The van der Waals surface area contributed by atoms with Crippen LogP contribution in [0.5, 0.6) is 0 Å². The van der Waals surface area contributed by atoms with Gasteiger partial charge in [-0.05, 0) is 38.0 Å². The first kappa shape index (κ1) is 20.6. The molecule has 154 valence electrons. The van der Waals surface area contributed by atoms with E-state index in [1.807, 2.05) is 0 Å². The minimum Gasteiger partial charge on any atom is -0.454 e. The van der Waals surface area contributed by atoms with Gasteiger partial charge in [-0.1, -0.05) is 34.6 Å². The number of ether oxygens (including phenoxy) is 5. The molecule has 3 fully saturated rings. The third-order valence-electron chi connectivity index (χ3n) is 5.00. The van der Waals surface area contributed by atoms with Gasteiger partial charge in [0.1, 0.15) is 6.10 Å². The number of esters is 2. The fourth-order valence-corrected chi connectivity index (χ4v) is 4.12. The van der Waals surface area contributed by atoms with Crippen LogP contribution in [0.15, 0.2) is 0 Å². The highest BCUT2D eigenvalue weighted by molar-refractivity contribution is 5.83. The van der Waals surface area contributed by atoms with Crippen LogP contribution in [0.3, 0.4) is 0 Å². The normalized spacial score (nSPS) is 35.7. The monoisotopic (exact) mass is 384 g/mol. The molecule has 0 saturated carbocycles. The third-order valence-corrected chi connectivity index (χ3v) is 5.00. The van der Waals surface area contributed by atoms with E-state index in [9.17, 15) is 9.59 Å². The molecule has 0 aromatic heterocycles.